The SMILES string of the molecule is NCC1(C(=O)NCCc2ccc(F)cc2F)CC1. The molecule has 0 aliphatic heterocycles. The van der Waals surface area contributed by atoms with Crippen LogP contribution in [0.2, 0.25) is 0 Å². The van der Waals surface area contributed by atoms with E-state index in [1.807, 2.05) is 0 Å². The van der Waals surface area contributed by atoms with Crippen molar-refractivity contribution in [2.45, 2.75) is 19.3 Å². The first-order valence-electron chi connectivity index (χ1n) is 6.00. The molecule has 18 heavy (non-hydrogen) atoms. The maximum atomic E-state index is 13.3. The third kappa shape index (κ3) is 2.67. The van der Waals surface area contributed by atoms with Gasteiger partial charge in [-0.3, -0.25) is 4.79 Å². The third-order valence-electron chi connectivity index (χ3n) is 3.42. The molecule has 1 saturated carbocycles. The summed E-state index contributed by atoms with van der Waals surface area (Å²) < 4.78 is 26.0. The normalized spacial score (nSPS) is 16.4. The summed E-state index contributed by atoms with van der Waals surface area (Å²) in [6, 6.07) is 3.45. The van der Waals surface area contributed by atoms with Crippen molar-refractivity contribution in [2.24, 2.45) is 11.1 Å². The number of halogens is 2. The first-order valence-corrected chi connectivity index (χ1v) is 6.00. The van der Waals surface area contributed by atoms with Crippen molar-refractivity contribution in [1.29, 1.82) is 0 Å². The van der Waals surface area contributed by atoms with Crippen molar-refractivity contribution >= 4 is 5.91 Å². The van der Waals surface area contributed by atoms with Crippen LogP contribution in [0, 0.1) is 17.0 Å². The van der Waals surface area contributed by atoms with Crippen molar-refractivity contribution in [3.8, 4) is 0 Å². The minimum atomic E-state index is -0.597. The number of rotatable bonds is 5. The summed E-state index contributed by atoms with van der Waals surface area (Å²) in [5, 5.41) is 2.75. The standard InChI is InChI=1S/C13H16F2N2O/c14-10-2-1-9(11(15)7-10)3-6-17-12(18)13(8-16)4-5-13/h1-2,7H,3-6,8,16H2,(H,17,18). The maximum Gasteiger partial charge on any atom is 0.227 e. The lowest BCUT2D eigenvalue weighted by atomic mass is 10.1. The second-order valence-corrected chi connectivity index (χ2v) is 4.73. The fourth-order valence-corrected chi connectivity index (χ4v) is 1.90. The molecular formula is C13H16F2N2O. The second-order valence-electron chi connectivity index (χ2n) is 4.73. The monoisotopic (exact) mass is 254 g/mol. The maximum absolute atomic E-state index is 13.3. The van der Waals surface area contributed by atoms with Crippen LogP contribution in [-0.2, 0) is 11.2 Å². The van der Waals surface area contributed by atoms with Gasteiger partial charge in [0.25, 0.3) is 0 Å². The molecule has 0 atom stereocenters. The van der Waals surface area contributed by atoms with E-state index in [0.29, 0.717) is 25.1 Å². The van der Waals surface area contributed by atoms with Crippen LogP contribution < -0.4 is 11.1 Å². The average Bonchev–Trinajstić information content (AvgIpc) is 3.12. The van der Waals surface area contributed by atoms with Gasteiger partial charge in [0.15, 0.2) is 0 Å². The number of carbonyl (C=O) groups excluding carboxylic acids is 1. The zero-order valence-electron chi connectivity index (χ0n) is 10.0. The number of nitrogens with one attached hydrogen (secondary N) is 1. The highest BCUT2D eigenvalue weighted by Crippen LogP contribution is 2.44. The van der Waals surface area contributed by atoms with Crippen molar-refractivity contribution in [2.75, 3.05) is 13.1 Å². The predicted octanol–water partition coefficient (Wildman–Crippen LogP) is 1.36. The number of carbonyl (C=O) groups is 1. The summed E-state index contributed by atoms with van der Waals surface area (Å²) in [5.41, 5.74) is 5.54. The molecule has 2 rings (SSSR count). The largest absolute Gasteiger partial charge is 0.355 e. The van der Waals surface area contributed by atoms with Gasteiger partial charge in [-0.2, -0.15) is 0 Å². The molecule has 0 radical (unpaired) electrons. The Morgan fingerprint density at radius 1 is 1.39 bits per heavy atom. The van der Waals surface area contributed by atoms with Crippen LogP contribution in [0.3, 0.4) is 0 Å². The van der Waals surface area contributed by atoms with Gasteiger partial charge in [0.2, 0.25) is 5.91 Å². The third-order valence-corrected chi connectivity index (χ3v) is 3.42. The Morgan fingerprint density at radius 2 is 2.11 bits per heavy atom. The minimum Gasteiger partial charge on any atom is -0.355 e. The topological polar surface area (TPSA) is 55.1 Å². The summed E-state index contributed by atoms with van der Waals surface area (Å²) in [6.45, 7) is 0.687. The van der Waals surface area contributed by atoms with E-state index >= 15 is 0 Å². The van der Waals surface area contributed by atoms with Gasteiger partial charge >= 0.3 is 0 Å². The van der Waals surface area contributed by atoms with Crippen molar-refractivity contribution in [3.05, 3.63) is 35.4 Å². The lowest BCUT2D eigenvalue weighted by Crippen LogP contribution is -2.37. The van der Waals surface area contributed by atoms with Crippen LogP contribution >= 0.6 is 0 Å². The van der Waals surface area contributed by atoms with Gasteiger partial charge in [0.1, 0.15) is 11.6 Å². The minimum absolute atomic E-state index is 0.0625. The molecule has 0 unspecified atom stereocenters. The van der Waals surface area contributed by atoms with Gasteiger partial charge in [-0.05, 0) is 30.9 Å². The molecule has 1 aliphatic carbocycles. The highest BCUT2D eigenvalue weighted by atomic mass is 19.1. The lowest BCUT2D eigenvalue weighted by molar-refractivity contribution is -0.125. The molecule has 1 aromatic rings. The molecule has 3 N–H and O–H groups in total. The summed E-state index contributed by atoms with van der Waals surface area (Å²) in [7, 11) is 0. The van der Waals surface area contributed by atoms with Gasteiger partial charge in [0, 0.05) is 19.2 Å². The molecule has 0 saturated heterocycles. The van der Waals surface area contributed by atoms with E-state index in [4.69, 9.17) is 5.73 Å². The molecule has 0 spiro atoms. The van der Waals surface area contributed by atoms with E-state index in [2.05, 4.69) is 5.32 Å². The molecule has 0 bridgehead atoms. The zero-order valence-corrected chi connectivity index (χ0v) is 10.0. The Hall–Kier alpha value is -1.49. The molecule has 1 fully saturated rings. The molecule has 1 amide bonds. The van der Waals surface area contributed by atoms with Crippen LogP contribution in [0.15, 0.2) is 18.2 Å². The van der Waals surface area contributed by atoms with Crippen molar-refractivity contribution in [3.63, 3.8) is 0 Å². The Labute approximate surface area is 104 Å². The van der Waals surface area contributed by atoms with Gasteiger partial charge in [-0.1, -0.05) is 6.07 Å². The van der Waals surface area contributed by atoms with Gasteiger partial charge in [-0.15, -0.1) is 0 Å². The first-order chi connectivity index (χ1) is 8.57. The number of benzene rings is 1. The number of nitrogens with two attached hydrogens (primary N) is 1. The quantitative estimate of drug-likeness (QED) is 0.833. The Kier molecular flexibility index (Phi) is 3.61. The first kappa shape index (κ1) is 13.0. The van der Waals surface area contributed by atoms with Crippen LogP contribution in [0.1, 0.15) is 18.4 Å². The Balaban J connectivity index is 1.83. The molecule has 0 aromatic heterocycles. The smallest absolute Gasteiger partial charge is 0.227 e. The zero-order chi connectivity index (χ0) is 13.2. The van der Waals surface area contributed by atoms with E-state index < -0.39 is 11.6 Å². The molecule has 98 valence electrons. The van der Waals surface area contributed by atoms with Gasteiger partial charge < -0.3 is 11.1 Å². The fourth-order valence-electron chi connectivity index (χ4n) is 1.90. The fraction of sp³-hybridized carbons (Fsp3) is 0.462. The molecule has 5 heteroatoms. The van der Waals surface area contributed by atoms with E-state index in [-0.39, 0.29) is 11.3 Å². The van der Waals surface area contributed by atoms with Crippen LogP contribution in [0.25, 0.3) is 0 Å². The second kappa shape index (κ2) is 5.02. The highest BCUT2D eigenvalue weighted by Gasteiger charge is 2.48. The molecule has 1 aliphatic rings. The van der Waals surface area contributed by atoms with Crippen LogP contribution in [0.4, 0.5) is 8.78 Å². The summed E-state index contributed by atoms with van der Waals surface area (Å²) >= 11 is 0. The number of hydrogen-bond donors (Lipinski definition) is 2. The summed E-state index contributed by atoms with van der Waals surface area (Å²) in [5.74, 6) is -1.24. The summed E-state index contributed by atoms with van der Waals surface area (Å²) in [6.07, 6.45) is 1.99. The predicted molar refractivity (Wildman–Crippen MR) is 63.8 cm³/mol. The lowest BCUT2D eigenvalue weighted by Gasteiger charge is -2.12. The van der Waals surface area contributed by atoms with Crippen LogP contribution in [0.5, 0.6) is 0 Å². The summed E-state index contributed by atoms with van der Waals surface area (Å²) in [4.78, 5) is 11.7. The number of hydrogen-bond acceptors (Lipinski definition) is 2. The highest BCUT2D eigenvalue weighted by molar-refractivity contribution is 5.85. The van der Waals surface area contributed by atoms with Gasteiger partial charge in [0.05, 0.1) is 5.41 Å². The van der Waals surface area contributed by atoms with Crippen molar-refractivity contribution in [1.82, 2.24) is 5.32 Å². The molecule has 3 nitrogen and oxygen atoms in total. The van der Waals surface area contributed by atoms with E-state index in [1.54, 1.807) is 0 Å². The van der Waals surface area contributed by atoms with Crippen molar-refractivity contribution < 1.29 is 13.6 Å². The molecule has 0 heterocycles. The Bertz CT molecular complexity index is 458. The molecular weight excluding hydrogens is 238 g/mol. The Morgan fingerprint density at radius 3 is 2.67 bits per heavy atom. The number of amides is 1. The molecule has 1 aromatic carbocycles. The van der Waals surface area contributed by atoms with Crippen LogP contribution in [-0.4, -0.2) is 19.0 Å². The average molecular weight is 254 g/mol. The van der Waals surface area contributed by atoms with E-state index in [9.17, 15) is 13.6 Å². The van der Waals surface area contributed by atoms with E-state index in [1.165, 1.54) is 12.1 Å². The van der Waals surface area contributed by atoms with Gasteiger partial charge in [-0.25, -0.2) is 8.78 Å². The van der Waals surface area contributed by atoms with E-state index in [0.717, 1.165) is 18.9 Å².